The van der Waals surface area contributed by atoms with Gasteiger partial charge >= 0.3 is 5.97 Å². The Morgan fingerprint density at radius 2 is 2.06 bits per heavy atom. The Hall–Kier alpha value is -2.14. The Labute approximate surface area is 107 Å². The summed E-state index contributed by atoms with van der Waals surface area (Å²) < 4.78 is 18.5. The van der Waals surface area contributed by atoms with Crippen molar-refractivity contribution < 1.29 is 19.0 Å². The molecule has 1 aromatic carbocycles. The summed E-state index contributed by atoms with van der Waals surface area (Å²) in [6, 6.07) is 6.92. The van der Waals surface area contributed by atoms with E-state index in [1.165, 1.54) is 30.5 Å². The molecule has 0 saturated heterocycles. The summed E-state index contributed by atoms with van der Waals surface area (Å²) in [6.07, 6.45) is 1.23. The van der Waals surface area contributed by atoms with Gasteiger partial charge in [0.2, 0.25) is 5.88 Å². The number of benzene rings is 1. The maximum absolute atomic E-state index is 13.4. The van der Waals surface area contributed by atoms with Crippen LogP contribution in [0.1, 0.15) is 10.4 Å². The number of nitrogens with zero attached hydrogens (tertiary/aromatic N) is 1. The van der Waals surface area contributed by atoms with E-state index in [4.69, 9.17) is 21.4 Å². The second kappa shape index (κ2) is 5.01. The maximum atomic E-state index is 13.4. The molecule has 18 heavy (non-hydrogen) atoms. The van der Waals surface area contributed by atoms with Crippen LogP contribution in [0.15, 0.2) is 36.5 Å². The van der Waals surface area contributed by atoms with E-state index in [1.807, 2.05) is 0 Å². The molecule has 6 heteroatoms. The van der Waals surface area contributed by atoms with Gasteiger partial charge in [0.25, 0.3) is 0 Å². The minimum Gasteiger partial charge on any atom is -0.478 e. The van der Waals surface area contributed by atoms with Gasteiger partial charge in [-0.15, -0.1) is 0 Å². The number of rotatable bonds is 3. The van der Waals surface area contributed by atoms with Crippen molar-refractivity contribution in [3.63, 3.8) is 0 Å². The van der Waals surface area contributed by atoms with E-state index in [0.717, 1.165) is 0 Å². The van der Waals surface area contributed by atoms with Gasteiger partial charge in [-0.3, -0.25) is 0 Å². The number of hydrogen-bond donors (Lipinski definition) is 1. The molecule has 1 N–H and O–H groups in total. The van der Waals surface area contributed by atoms with Crippen molar-refractivity contribution in [2.24, 2.45) is 0 Å². The largest absolute Gasteiger partial charge is 0.478 e. The highest BCUT2D eigenvalue weighted by molar-refractivity contribution is 6.34. The number of pyridine rings is 1. The van der Waals surface area contributed by atoms with Crippen LogP contribution in [0.25, 0.3) is 0 Å². The first-order valence-corrected chi connectivity index (χ1v) is 5.27. The zero-order valence-electron chi connectivity index (χ0n) is 8.93. The summed E-state index contributed by atoms with van der Waals surface area (Å²) in [5, 5.41) is 8.70. The van der Waals surface area contributed by atoms with Crippen molar-refractivity contribution in [3.8, 4) is 11.6 Å². The summed E-state index contributed by atoms with van der Waals surface area (Å²) in [6.45, 7) is 0. The smallest absolute Gasteiger partial charge is 0.337 e. The van der Waals surface area contributed by atoms with Crippen molar-refractivity contribution in [2.45, 2.75) is 0 Å². The molecule has 0 atom stereocenters. The topological polar surface area (TPSA) is 59.4 Å². The van der Waals surface area contributed by atoms with Crippen LogP contribution in [0.3, 0.4) is 0 Å². The van der Waals surface area contributed by atoms with E-state index in [9.17, 15) is 9.18 Å². The summed E-state index contributed by atoms with van der Waals surface area (Å²) in [5.41, 5.74) is -0.155. The van der Waals surface area contributed by atoms with Crippen molar-refractivity contribution in [2.75, 3.05) is 0 Å². The molecule has 4 nitrogen and oxygen atoms in total. The normalized spacial score (nSPS) is 10.1. The summed E-state index contributed by atoms with van der Waals surface area (Å²) >= 11 is 5.82. The molecule has 2 aromatic rings. The molecular weight excluding hydrogens is 261 g/mol. The van der Waals surface area contributed by atoms with Crippen molar-refractivity contribution in [3.05, 3.63) is 52.9 Å². The van der Waals surface area contributed by atoms with Gasteiger partial charge < -0.3 is 9.84 Å². The number of carboxylic acid groups (broad SMARTS) is 1. The molecule has 1 heterocycles. The van der Waals surface area contributed by atoms with E-state index in [-0.39, 0.29) is 22.2 Å². The molecule has 0 spiro atoms. The van der Waals surface area contributed by atoms with Crippen LogP contribution in [0.5, 0.6) is 11.6 Å². The lowest BCUT2D eigenvalue weighted by molar-refractivity contribution is 0.0696. The molecule has 92 valence electrons. The molecule has 2 rings (SSSR count). The number of ether oxygens (including phenoxy) is 1. The fourth-order valence-corrected chi connectivity index (χ4v) is 1.52. The van der Waals surface area contributed by atoms with Crippen LogP contribution >= 0.6 is 11.6 Å². The zero-order valence-corrected chi connectivity index (χ0v) is 9.69. The molecule has 1 aromatic heterocycles. The lowest BCUT2D eigenvalue weighted by Gasteiger charge is -2.08. The molecule has 0 aliphatic heterocycles. The minimum atomic E-state index is -1.21. The predicted molar refractivity (Wildman–Crippen MR) is 62.7 cm³/mol. The third-order valence-corrected chi connectivity index (χ3v) is 2.50. The Kier molecular flexibility index (Phi) is 3.43. The van der Waals surface area contributed by atoms with Gasteiger partial charge in [-0.2, -0.15) is 0 Å². The third kappa shape index (κ3) is 2.41. The highest BCUT2D eigenvalue weighted by atomic mass is 35.5. The molecule has 0 fully saturated rings. The molecule has 0 unspecified atom stereocenters. The van der Waals surface area contributed by atoms with Gasteiger partial charge in [-0.05, 0) is 18.2 Å². The Morgan fingerprint density at radius 1 is 1.33 bits per heavy atom. The summed E-state index contributed by atoms with van der Waals surface area (Å²) in [7, 11) is 0. The second-order valence-corrected chi connectivity index (χ2v) is 3.69. The third-order valence-electron chi connectivity index (χ3n) is 2.13. The van der Waals surface area contributed by atoms with E-state index in [1.54, 1.807) is 6.07 Å². The summed E-state index contributed by atoms with van der Waals surface area (Å²) in [5.74, 6) is -2.02. The fraction of sp³-hybridized carbons (Fsp3) is 0. The molecule has 0 amide bonds. The highest BCUT2D eigenvalue weighted by Gasteiger charge is 2.15. The van der Waals surface area contributed by atoms with Crippen LogP contribution in [-0.4, -0.2) is 16.1 Å². The number of carboxylic acids is 1. The number of hydrogen-bond acceptors (Lipinski definition) is 3. The molecule has 0 bridgehead atoms. The number of aromatic nitrogens is 1. The number of halogens is 2. The van der Waals surface area contributed by atoms with Crippen molar-refractivity contribution in [1.29, 1.82) is 0 Å². The maximum Gasteiger partial charge on any atom is 0.337 e. The molecule has 0 aliphatic rings. The van der Waals surface area contributed by atoms with Gasteiger partial charge in [-0.1, -0.05) is 23.7 Å². The molecular formula is C12H7ClFNO3. The molecule has 0 radical (unpaired) electrons. The minimum absolute atomic E-state index is 0.0746. The predicted octanol–water partition coefficient (Wildman–Crippen LogP) is 3.36. The first-order valence-electron chi connectivity index (χ1n) is 4.90. The van der Waals surface area contributed by atoms with E-state index < -0.39 is 11.8 Å². The van der Waals surface area contributed by atoms with Crippen LogP contribution in [0.4, 0.5) is 4.39 Å². The van der Waals surface area contributed by atoms with Crippen LogP contribution in [0, 0.1) is 5.82 Å². The highest BCUT2D eigenvalue weighted by Crippen LogP contribution is 2.30. The fourth-order valence-electron chi connectivity index (χ4n) is 1.29. The molecule has 0 saturated carbocycles. The van der Waals surface area contributed by atoms with Gasteiger partial charge in [0.05, 0.1) is 5.56 Å². The van der Waals surface area contributed by atoms with Crippen LogP contribution in [0.2, 0.25) is 5.02 Å². The van der Waals surface area contributed by atoms with Crippen molar-refractivity contribution >= 4 is 17.6 Å². The number of carbonyl (C=O) groups is 1. The quantitative estimate of drug-likeness (QED) is 0.926. The lowest BCUT2D eigenvalue weighted by atomic mass is 10.2. The van der Waals surface area contributed by atoms with Gasteiger partial charge in [0.1, 0.15) is 5.02 Å². The van der Waals surface area contributed by atoms with Crippen LogP contribution in [-0.2, 0) is 0 Å². The first-order chi connectivity index (χ1) is 8.59. The average molecular weight is 268 g/mol. The van der Waals surface area contributed by atoms with Gasteiger partial charge in [-0.25, -0.2) is 14.2 Å². The van der Waals surface area contributed by atoms with E-state index in [0.29, 0.717) is 0 Å². The second-order valence-electron chi connectivity index (χ2n) is 3.32. The lowest BCUT2D eigenvalue weighted by Crippen LogP contribution is -2.00. The van der Waals surface area contributed by atoms with Gasteiger partial charge in [0.15, 0.2) is 11.6 Å². The SMILES string of the molecule is O=C(O)c1ccnc(Oc2ccccc2F)c1Cl. The Bertz CT molecular complexity index is 604. The van der Waals surface area contributed by atoms with E-state index in [2.05, 4.69) is 4.98 Å². The monoisotopic (exact) mass is 267 g/mol. The van der Waals surface area contributed by atoms with Crippen LogP contribution < -0.4 is 4.74 Å². The van der Waals surface area contributed by atoms with Gasteiger partial charge in [0, 0.05) is 6.20 Å². The average Bonchev–Trinajstić information content (AvgIpc) is 2.34. The zero-order chi connectivity index (χ0) is 13.1. The summed E-state index contributed by atoms with van der Waals surface area (Å²) in [4.78, 5) is 14.6. The van der Waals surface area contributed by atoms with E-state index >= 15 is 0 Å². The first kappa shape index (κ1) is 12.3. The number of aromatic carboxylic acids is 1. The Balaban J connectivity index is 2.39. The van der Waals surface area contributed by atoms with Crippen molar-refractivity contribution in [1.82, 2.24) is 4.98 Å². The molecule has 0 aliphatic carbocycles. The standard InChI is InChI=1S/C12H7ClFNO3/c13-10-7(12(16)17)5-6-15-11(10)18-9-4-2-1-3-8(9)14/h1-6H,(H,16,17). The number of para-hydroxylation sites is 1. The Morgan fingerprint density at radius 3 is 2.72 bits per heavy atom.